The van der Waals surface area contributed by atoms with Gasteiger partial charge in [-0.25, -0.2) is 18.6 Å². The molecular formula is C27H20Cl3FN6O. The van der Waals surface area contributed by atoms with Crippen LogP contribution in [0.4, 0.5) is 4.39 Å². The first-order valence-corrected chi connectivity index (χ1v) is 13.0. The molecule has 6 rings (SSSR count). The normalized spacial score (nSPS) is 17.0. The number of nitrogens with one attached hydrogen (secondary N) is 1. The van der Waals surface area contributed by atoms with Gasteiger partial charge in [0.05, 0.1) is 44.2 Å². The summed E-state index contributed by atoms with van der Waals surface area (Å²) in [5.74, 6) is -0.206. The predicted octanol–water partition coefficient (Wildman–Crippen LogP) is 6.14. The van der Waals surface area contributed by atoms with Gasteiger partial charge in [-0.15, -0.1) is 0 Å². The molecule has 1 amide bonds. The van der Waals surface area contributed by atoms with Crippen LogP contribution in [0.1, 0.15) is 39.4 Å². The zero-order valence-electron chi connectivity index (χ0n) is 20.1. The SMILES string of the molecule is Cc1ncn(-c2cc(Cl)c(C(=O)NC3(c4cccc(Cl)c4)CCc4nn5cc(F)ccc5c4C3)c(Cl)c2)n1. The van der Waals surface area contributed by atoms with Crippen molar-refractivity contribution in [2.24, 2.45) is 0 Å². The number of halogens is 4. The van der Waals surface area contributed by atoms with Crippen LogP contribution in [0.25, 0.3) is 11.2 Å². The molecule has 0 spiro atoms. The van der Waals surface area contributed by atoms with Gasteiger partial charge in [-0.3, -0.25) is 4.79 Å². The lowest BCUT2D eigenvalue weighted by Gasteiger charge is -2.38. The summed E-state index contributed by atoms with van der Waals surface area (Å²) in [6.07, 6.45) is 4.44. The smallest absolute Gasteiger partial charge is 0.255 e. The molecule has 1 aliphatic rings. The minimum Gasteiger partial charge on any atom is -0.342 e. The highest BCUT2D eigenvalue weighted by Gasteiger charge is 2.40. The number of rotatable bonds is 4. The van der Waals surface area contributed by atoms with Crippen molar-refractivity contribution in [3.05, 3.63) is 110 Å². The Labute approximate surface area is 232 Å². The van der Waals surface area contributed by atoms with Gasteiger partial charge in [0.25, 0.3) is 5.91 Å². The van der Waals surface area contributed by atoms with Crippen LogP contribution in [0, 0.1) is 12.7 Å². The summed E-state index contributed by atoms with van der Waals surface area (Å²) < 4.78 is 17.0. The van der Waals surface area contributed by atoms with Crippen molar-refractivity contribution in [2.75, 3.05) is 0 Å². The van der Waals surface area contributed by atoms with Gasteiger partial charge >= 0.3 is 0 Å². The van der Waals surface area contributed by atoms with Crippen molar-refractivity contribution in [2.45, 2.75) is 31.7 Å². The molecule has 1 atom stereocenters. The molecule has 0 saturated heterocycles. The zero-order valence-corrected chi connectivity index (χ0v) is 22.3. The maximum atomic E-state index is 13.9. The van der Waals surface area contributed by atoms with Crippen LogP contribution in [0.3, 0.4) is 0 Å². The molecule has 0 fully saturated rings. The molecule has 192 valence electrons. The van der Waals surface area contributed by atoms with Crippen LogP contribution in [0.15, 0.2) is 61.1 Å². The molecule has 3 aromatic heterocycles. The van der Waals surface area contributed by atoms with E-state index in [9.17, 15) is 9.18 Å². The summed E-state index contributed by atoms with van der Waals surface area (Å²) in [6.45, 7) is 1.77. The molecule has 2 aromatic carbocycles. The molecule has 0 saturated carbocycles. The number of fused-ring (bicyclic) bond motifs is 3. The number of carbonyl (C=O) groups excluding carboxylic acids is 1. The second kappa shape index (κ2) is 9.38. The fraction of sp³-hybridized carbons (Fsp3) is 0.185. The Morgan fingerprint density at radius 2 is 1.87 bits per heavy atom. The first-order valence-electron chi connectivity index (χ1n) is 11.8. The Morgan fingerprint density at radius 3 is 2.58 bits per heavy atom. The molecule has 1 unspecified atom stereocenters. The summed E-state index contributed by atoms with van der Waals surface area (Å²) in [6, 6.07) is 13.8. The van der Waals surface area contributed by atoms with Gasteiger partial charge in [0.15, 0.2) is 0 Å². The molecule has 0 radical (unpaired) electrons. The van der Waals surface area contributed by atoms with Crippen molar-refractivity contribution >= 4 is 46.2 Å². The van der Waals surface area contributed by atoms with E-state index in [1.54, 1.807) is 46.7 Å². The maximum Gasteiger partial charge on any atom is 0.255 e. The van der Waals surface area contributed by atoms with Crippen molar-refractivity contribution in [1.82, 2.24) is 29.7 Å². The van der Waals surface area contributed by atoms with E-state index in [1.165, 1.54) is 12.3 Å². The first kappa shape index (κ1) is 24.9. The van der Waals surface area contributed by atoms with Gasteiger partial charge in [-0.2, -0.15) is 10.2 Å². The van der Waals surface area contributed by atoms with Gasteiger partial charge < -0.3 is 5.32 Å². The summed E-state index contributed by atoms with van der Waals surface area (Å²) in [5.41, 5.74) is 3.33. The lowest BCUT2D eigenvalue weighted by molar-refractivity contribution is 0.0886. The second-order valence-corrected chi connectivity index (χ2v) is 10.6. The number of carbonyl (C=O) groups is 1. The Morgan fingerprint density at radius 1 is 1.08 bits per heavy atom. The Kier molecular flexibility index (Phi) is 6.13. The van der Waals surface area contributed by atoms with Crippen molar-refractivity contribution < 1.29 is 9.18 Å². The molecule has 3 heterocycles. The average molecular weight is 570 g/mol. The van der Waals surface area contributed by atoms with Crippen LogP contribution < -0.4 is 5.32 Å². The number of nitrogens with zero attached hydrogens (tertiary/aromatic N) is 5. The molecule has 0 aliphatic heterocycles. The van der Waals surface area contributed by atoms with Crippen molar-refractivity contribution in [1.29, 1.82) is 0 Å². The highest BCUT2D eigenvalue weighted by molar-refractivity contribution is 6.40. The van der Waals surface area contributed by atoms with Gasteiger partial charge in [0, 0.05) is 17.0 Å². The topological polar surface area (TPSA) is 77.1 Å². The summed E-state index contributed by atoms with van der Waals surface area (Å²) >= 11 is 19.6. The molecular weight excluding hydrogens is 550 g/mol. The number of amides is 1. The van der Waals surface area contributed by atoms with E-state index in [4.69, 9.17) is 34.8 Å². The van der Waals surface area contributed by atoms with Crippen LogP contribution in [-0.2, 0) is 18.4 Å². The van der Waals surface area contributed by atoms with Gasteiger partial charge in [0.1, 0.15) is 18.0 Å². The molecule has 1 aliphatic carbocycles. The number of hydrogen-bond acceptors (Lipinski definition) is 4. The minimum absolute atomic E-state index is 0.156. The largest absolute Gasteiger partial charge is 0.342 e. The van der Waals surface area contributed by atoms with Crippen LogP contribution >= 0.6 is 34.8 Å². The van der Waals surface area contributed by atoms with E-state index in [2.05, 4.69) is 20.5 Å². The second-order valence-electron chi connectivity index (χ2n) is 9.35. The zero-order chi connectivity index (χ0) is 26.6. The highest BCUT2D eigenvalue weighted by atomic mass is 35.5. The van der Waals surface area contributed by atoms with Gasteiger partial charge in [0.2, 0.25) is 0 Å². The van der Waals surface area contributed by atoms with E-state index >= 15 is 0 Å². The molecule has 0 bridgehead atoms. The fourth-order valence-corrected chi connectivity index (χ4v) is 5.95. The summed E-state index contributed by atoms with van der Waals surface area (Å²) in [5, 5.41) is 13.0. The first-order chi connectivity index (χ1) is 18.2. The molecule has 11 heteroatoms. The lowest BCUT2D eigenvalue weighted by Crippen LogP contribution is -2.49. The fourth-order valence-electron chi connectivity index (χ4n) is 5.11. The van der Waals surface area contributed by atoms with Gasteiger partial charge in [-0.05, 0) is 61.7 Å². The lowest BCUT2D eigenvalue weighted by atomic mass is 9.75. The number of aryl methyl sites for hydroxylation is 2. The van der Waals surface area contributed by atoms with E-state index < -0.39 is 11.4 Å². The summed E-state index contributed by atoms with van der Waals surface area (Å²) in [7, 11) is 0. The maximum absolute atomic E-state index is 13.9. The third-order valence-electron chi connectivity index (χ3n) is 6.90. The minimum atomic E-state index is -0.832. The molecule has 7 nitrogen and oxygen atoms in total. The quantitative estimate of drug-likeness (QED) is 0.282. The van der Waals surface area contributed by atoms with E-state index in [0.29, 0.717) is 35.8 Å². The van der Waals surface area contributed by atoms with Gasteiger partial charge in [-0.1, -0.05) is 46.9 Å². The standard InChI is InChI=1S/C27H20Cl3FN6O/c1-15-32-14-37(34-15)19-10-21(29)25(22(30)11-19)26(38)33-27(16-3-2-4-17(28)9-16)8-7-23-20(12-27)24-6-5-18(31)13-36(24)35-23/h2-6,9-11,13-14H,7-8,12H2,1H3,(H,33,38). The van der Waals surface area contributed by atoms with Crippen LogP contribution in [0.5, 0.6) is 0 Å². The van der Waals surface area contributed by atoms with Crippen molar-refractivity contribution in [3.8, 4) is 5.69 Å². The van der Waals surface area contributed by atoms with Crippen LogP contribution in [0.2, 0.25) is 15.1 Å². The highest BCUT2D eigenvalue weighted by Crippen LogP contribution is 2.40. The third kappa shape index (κ3) is 4.32. The van der Waals surface area contributed by atoms with E-state index in [-0.39, 0.29) is 21.4 Å². The number of benzene rings is 2. The van der Waals surface area contributed by atoms with Crippen LogP contribution in [-0.4, -0.2) is 30.3 Å². The molecule has 1 N–H and O–H groups in total. The van der Waals surface area contributed by atoms with E-state index in [1.807, 2.05) is 18.2 Å². The molecule has 5 aromatic rings. The number of aromatic nitrogens is 5. The third-order valence-corrected chi connectivity index (χ3v) is 7.73. The Bertz CT molecular complexity index is 1710. The molecule has 38 heavy (non-hydrogen) atoms. The summed E-state index contributed by atoms with van der Waals surface area (Å²) in [4.78, 5) is 17.9. The monoisotopic (exact) mass is 568 g/mol. The number of hydrogen-bond donors (Lipinski definition) is 1. The van der Waals surface area contributed by atoms with E-state index in [0.717, 1.165) is 22.3 Å². The average Bonchev–Trinajstić information content (AvgIpc) is 3.46. The predicted molar refractivity (Wildman–Crippen MR) is 144 cm³/mol. The van der Waals surface area contributed by atoms with Crippen molar-refractivity contribution in [3.63, 3.8) is 0 Å². The Balaban J connectivity index is 1.41. The number of pyridine rings is 1. The Hall–Kier alpha value is -3.46.